The third kappa shape index (κ3) is 1.03. The van der Waals surface area contributed by atoms with E-state index < -0.39 is 0 Å². The standard InChI is InChI=1S/C18H32/c1-12-13(2)17(9,10)18(16(12,7)8)14(3,4)11-15(18,5)6/h11H2,1-10H3. The first kappa shape index (κ1) is 14.2. The van der Waals surface area contributed by atoms with Crippen LogP contribution in [0.25, 0.3) is 0 Å². The molecule has 1 fully saturated rings. The molecular weight excluding hydrogens is 216 g/mol. The minimum atomic E-state index is 0.297. The van der Waals surface area contributed by atoms with E-state index in [-0.39, 0.29) is 0 Å². The molecule has 2 aliphatic rings. The van der Waals surface area contributed by atoms with Crippen molar-refractivity contribution in [3.05, 3.63) is 11.1 Å². The topological polar surface area (TPSA) is 0 Å². The lowest BCUT2D eigenvalue weighted by molar-refractivity contribution is -0.277. The molecule has 2 aliphatic carbocycles. The highest BCUT2D eigenvalue weighted by atomic mass is 14.8. The van der Waals surface area contributed by atoms with E-state index in [0.717, 1.165) is 0 Å². The zero-order chi connectivity index (χ0) is 14.4. The summed E-state index contributed by atoms with van der Waals surface area (Å²) in [6.45, 7) is 24.7. The maximum atomic E-state index is 2.49. The van der Waals surface area contributed by atoms with Gasteiger partial charge in [0, 0.05) is 0 Å². The van der Waals surface area contributed by atoms with Crippen molar-refractivity contribution in [3.8, 4) is 0 Å². The number of hydrogen-bond acceptors (Lipinski definition) is 0. The Morgan fingerprint density at radius 1 is 0.611 bits per heavy atom. The summed E-state index contributed by atoms with van der Waals surface area (Å²) in [5.74, 6) is 0. The lowest BCUT2D eigenvalue weighted by Gasteiger charge is -2.76. The predicted octanol–water partition coefficient (Wildman–Crippen LogP) is 5.83. The first-order valence-electron chi connectivity index (χ1n) is 7.46. The van der Waals surface area contributed by atoms with Gasteiger partial charge in [0.15, 0.2) is 0 Å². The fourth-order valence-corrected chi connectivity index (χ4v) is 7.84. The van der Waals surface area contributed by atoms with Crippen molar-refractivity contribution < 1.29 is 0 Å². The Balaban J connectivity index is 2.79. The fourth-order valence-electron chi connectivity index (χ4n) is 7.84. The summed E-state index contributed by atoms with van der Waals surface area (Å²) in [5, 5.41) is 0. The lowest BCUT2D eigenvalue weighted by atomic mass is 9.27. The van der Waals surface area contributed by atoms with Crippen LogP contribution in [0.4, 0.5) is 0 Å². The molecule has 0 bridgehead atoms. The van der Waals surface area contributed by atoms with E-state index in [2.05, 4.69) is 69.2 Å². The summed E-state index contributed by atoms with van der Waals surface area (Å²) in [6.07, 6.45) is 1.34. The van der Waals surface area contributed by atoms with Crippen LogP contribution < -0.4 is 0 Å². The maximum absolute atomic E-state index is 2.49. The van der Waals surface area contributed by atoms with Gasteiger partial charge in [0.2, 0.25) is 0 Å². The van der Waals surface area contributed by atoms with Gasteiger partial charge in [-0.1, -0.05) is 66.5 Å². The third-order valence-corrected chi connectivity index (χ3v) is 7.23. The smallest absolute Gasteiger partial charge is 0.00180 e. The summed E-state index contributed by atoms with van der Waals surface area (Å²) in [5.41, 5.74) is 5.07. The Morgan fingerprint density at radius 2 is 0.889 bits per heavy atom. The average molecular weight is 248 g/mol. The molecule has 0 heteroatoms. The first-order chi connectivity index (χ1) is 7.77. The summed E-state index contributed by atoms with van der Waals surface area (Å²) in [6, 6.07) is 0. The highest BCUT2D eigenvalue weighted by Crippen LogP contribution is 2.85. The molecule has 0 aromatic heterocycles. The summed E-state index contributed by atoms with van der Waals surface area (Å²) in [4.78, 5) is 0. The molecule has 0 atom stereocenters. The Hall–Kier alpha value is -0.260. The number of allylic oxidation sites excluding steroid dienone is 2. The van der Waals surface area contributed by atoms with E-state index in [1.165, 1.54) is 6.42 Å². The van der Waals surface area contributed by atoms with Gasteiger partial charge < -0.3 is 0 Å². The van der Waals surface area contributed by atoms with Crippen molar-refractivity contribution in [1.29, 1.82) is 0 Å². The van der Waals surface area contributed by atoms with Crippen LogP contribution >= 0.6 is 0 Å². The molecule has 0 aromatic rings. The van der Waals surface area contributed by atoms with Crippen molar-refractivity contribution in [2.24, 2.45) is 27.1 Å². The molecule has 104 valence electrons. The average Bonchev–Trinajstić information content (AvgIpc) is 2.20. The molecular formula is C18H32. The molecule has 0 heterocycles. The molecule has 1 spiro atoms. The van der Waals surface area contributed by atoms with Crippen molar-refractivity contribution in [3.63, 3.8) is 0 Å². The van der Waals surface area contributed by atoms with Crippen LogP contribution in [-0.4, -0.2) is 0 Å². The molecule has 1 saturated carbocycles. The Kier molecular flexibility index (Phi) is 2.42. The van der Waals surface area contributed by atoms with Crippen LogP contribution in [0.15, 0.2) is 11.1 Å². The predicted molar refractivity (Wildman–Crippen MR) is 80.5 cm³/mol. The fraction of sp³-hybridized carbons (Fsp3) is 0.889. The van der Waals surface area contributed by atoms with Crippen molar-refractivity contribution in [2.75, 3.05) is 0 Å². The van der Waals surface area contributed by atoms with Gasteiger partial charge in [-0.3, -0.25) is 0 Å². The SMILES string of the molecule is CC1=C(C)C(C)(C)C2(C(C)(C)CC2(C)C)C1(C)C. The third-order valence-electron chi connectivity index (χ3n) is 7.23. The van der Waals surface area contributed by atoms with Crippen molar-refractivity contribution in [1.82, 2.24) is 0 Å². The van der Waals surface area contributed by atoms with Gasteiger partial charge in [0.1, 0.15) is 0 Å². The van der Waals surface area contributed by atoms with E-state index in [1.807, 2.05) is 0 Å². The first-order valence-corrected chi connectivity index (χ1v) is 7.46. The van der Waals surface area contributed by atoms with Crippen LogP contribution in [0.3, 0.4) is 0 Å². The molecule has 0 unspecified atom stereocenters. The van der Waals surface area contributed by atoms with Gasteiger partial charge in [0.05, 0.1) is 0 Å². The zero-order valence-corrected chi connectivity index (χ0v) is 14.2. The number of rotatable bonds is 0. The van der Waals surface area contributed by atoms with Crippen LogP contribution in [0.5, 0.6) is 0 Å². The quantitative estimate of drug-likeness (QED) is 0.473. The second-order valence-electron chi connectivity index (χ2n) is 9.19. The van der Waals surface area contributed by atoms with E-state index in [1.54, 1.807) is 11.1 Å². The van der Waals surface area contributed by atoms with Crippen molar-refractivity contribution >= 4 is 0 Å². The number of hydrogen-bond donors (Lipinski definition) is 0. The molecule has 0 amide bonds. The van der Waals surface area contributed by atoms with Crippen LogP contribution in [-0.2, 0) is 0 Å². The molecule has 0 saturated heterocycles. The normalized spacial score (nSPS) is 33.7. The van der Waals surface area contributed by atoms with Gasteiger partial charge in [0.25, 0.3) is 0 Å². The van der Waals surface area contributed by atoms with Crippen LogP contribution in [0.1, 0.15) is 75.7 Å². The minimum absolute atomic E-state index is 0.297. The molecule has 18 heavy (non-hydrogen) atoms. The van der Waals surface area contributed by atoms with Crippen LogP contribution in [0.2, 0.25) is 0 Å². The monoisotopic (exact) mass is 248 g/mol. The maximum Gasteiger partial charge on any atom is -0.00180 e. The van der Waals surface area contributed by atoms with E-state index in [9.17, 15) is 0 Å². The molecule has 0 radical (unpaired) electrons. The zero-order valence-electron chi connectivity index (χ0n) is 14.2. The second kappa shape index (κ2) is 3.07. The molecule has 0 nitrogen and oxygen atoms in total. The highest BCUT2D eigenvalue weighted by Gasteiger charge is 2.78. The summed E-state index contributed by atoms with van der Waals surface area (Å²) >= 11 is 0. The Morgan fingerprint density at radius 3 is 1.06 bits per heavy atom. The van der Waals surface area contributed by atoms with Gasteiger partial charge >= 0.3 is 0 Å². The van der Waals surface area contributed by atoms with Gasteiger partial charge in [-0.05, 0) is 47.3 Å². The van der Waals surface area contributed by atoms with Crippen molar-refractivity contribution in [2.45, 2.75) is 75.7 Å². The minimum Gasteiger partial charge on any atom is -0.0676 e. The van der Waals surface area contributed by atoms with E-state index in [4.69, 9.17) is 0 Å². The van der Waals surface area contributed by atoms with E-state index in [0.29, 0.717) is 27.1 Å². The van der Waals surface area contributed by atoms with Gasteiger partial charge in [-0.2, -0.15) is 0 Å². The largest absolute Gasteiger partial charge is 0.0676 e. The molecule has 0 aromatic carbocycles. The van der Waals surface area contributed by atoms with Crippen LogP contribution in [0, 0.1) is 27.1 Å². The summed E-state index contributed by atoms with van der Waals surface area (Å²) in [7, 11) is 0. The molecule has 0 aliphatic heterocycles. The lowest BCUT2D eigenvalue weighted by Crippen LogP contribution is -2.71. The van der Waals surface area contributed by atoms with Gasteiger partial charge in [-0.15, -0.1) is 0 Å². The molecule has 2 rings (SSSR count). The van der Waals surface area contributed by atoms with Gasteiger partial charge in [-0.25, -0.2) is 0 Å². The Bertz CT molecular complexity index is 387. The summed E-state index contributed by atoms with van der Waals surface area (Å²) < 4.78 is 0. The highest BCUT2D eigenvalue weighted by molar-refractivity contribution is 5.43. The second-order valence-corrected chi connectivity index (χ2v) is 9.19. The Labute approximate surface area is 114 Å². The van der Waals surface area contributed by atoms with E-state index >= 15 is 0 Å². The molecule has 0 N–H and O–H groups in total.